The van der Waals surface area contributed by atoms with Crippen molar-refractivity contribution < 1.29 is 9.66 Å². The largest absolute Gasteiger partial charge is 0.496 e. The molecule has 0 spiro atoms. The van der Waals surface area contributed by atoms with Crippen molar-refractivity contribution in [3.8, 4) is 16.9 Å². The lowest BCUT2D eigenvalue weighted by atomic mass is 10.1. The number of nitro groups is 1. The van der Waals surface area contributed by atoms with Gasteiger partial charge in [0, 0.05) is 23.6 Å². The first-order chi connectivity index (χ1) is 8.72. The fourth-order valence-electron chi connectivity index (χ4n) is 2.55. The Kier molecular flexibility index (Phi) is 2.30. The van der Waals surface area contributed by atoms with Gasteiger partial charge in [0.25, 0.3) is 5.69 Å². The quantitative estimate of drug-likeness (QED) is 0.511. The third kappa shape index (κ3) is 1.39. The van der Waals surface area contributed by atoms with Crippen molar-refractivity contribution in [2.45, 2.75) is 6.42 Å². The predicted molar refractivity (Wildman–Crippen MR) is 67.9 cm³/mol. The second kappa shape index (κ2) is 3.84. The predicted octanol–water partition coefficient (Wildman–Crippen LogP) is 3.17. The molecule has 2 aromatic carbocycles. The van der Waals surface area contributed by atoms with Gasteiger partial charge in [-0.2, -0.15) is 0 Å². The summed E-state index contributed by atoms with van der Waals surface area (Å²) in [4.78, 5) is 10.7. The number of nitro benzene ring substituents is 1. The minimum absolute atomic E-state index is 0.186. The fraction of sp³-hybridized carbons (Fsp3) is 0.143. The highest BCUT2D eigenvalue weighted by molar-refractivity contribution is 5.82. The summed E-state index contributed by atoms with van der Waals surface area (Å²) < 4.78 is 5.32. The highest BCUT2D eigenvalue weighted by atomic mass is 16.6. The zero-order valence-electron chi connectivity index (χ0n) is 9.84. The maximum atomic E-state index is 11.0. The SMILES string of the molecule is COc1cccc2c1Cc1c-2cccc1[N+](=O)[O-]. The Bertz CT molecular complexity index is 649. The Morgan fingerprint density at radius 1 is 1.11 bits per heavy atom. The van der Waals surface area contributed by atoms with E-state index in [1.165, 1.54) is 0 Å². The number of rotatable bonds is 2. The molecule has 0 saturated carbocycles. The van der Waals surface area contributed by atoms with E-state index in [0.717, 1.165) is 28.0 Å². The molecule has 18 heavy (non-hydrogen) atoms. The van der Waals surface area contributed by atoms with E-state index in [0.29, 0.717) is 6.42 Å². The van der Waals surface area contributed by atoms with E-state index in [2.05, 4.69) is 0 Å². The molecule has 4 heteroatoms. The first-order valence-electron chi connectivity index (χ1n) is 5.65. The number of ether oxygens (including phenoxy) is 1. The molecular formula is C14H11NO3. The van der Waals surface area contributed by atoms with Crippen molar-refractivity contribution in [1.82, 2.24) is 0 Å². The summed E-state index contributed by atoms with van der Waals surface area (Å²) in [5, 5.41) is 11.0. The van der Waals surface area contributed by atoms with E-state index < -0.39 is 0 Å². The fourth-order valence-corrected chi connectivity index (χ4v) is 2.55. The van der Waals surface area contributed by atoms with Gasteiger partial charge in [0.2, 0.25) is 0 Å². The lowest BCUT2D eigenvalue weighted by Crippen LogP contribution is -1.94. The van der Waals surface area contributed by atoms with Crippen LogP contribution in [0.4, 0.5) is 5.69 Å². The summed E-state index contributed by atoms with van der Waals surface area (Å²) in [7, 11) is 1.62. The van der Waals surface area contributed by atoms with Crippen LogP contribution in [0.25, 0.3) is 11.1 Å². The molecule has 0 atom stereocenters. The molecule has 0 N–H and O–H groups in total. The van der Waals surface area contributed by atoms with Crippen LogP contribution in [0, 0.1) is 10.1 Å². The zero-order valence-corrected chi connectivity index (χ0v) is 9.84. The van der Waals surface area contributed by atoms with Crippen LogP contribution in [0.5, 0.6) is 5.75 Å². The lowest BCUT2D eigenvalue weighted by Gasteiger charge is -2.05. The van der Waals surface area contributed by atoms with Crippen molar-refractivity contribution in [3.63, 3.8) is 0 Å². The molecule has 1 aliphatic rings. The molecule has 4 nitrogen and oxygen atoms in total. The molecule has 0 radical (unpaired) electrons. The van der Waals surface area contributed by atoms with E-state index in [9.17, 15) is 10.1 Å². The van der Waals surface area contributed by atoms with Crippen molar-refractivity contribution >= 4 is 5.69 Å². The maximum absolute atomic E-state index is 11.0. The average molecular weight is 241 g/mol. The van der Waals surface area contributed by atoms with Gasteiger partial charge in [0.05, 0.1) is 12.0 Å². The van der Waals surface area contributed by atoms with Gasteiger partial charge in [0.15, 0.2) is 0 Å². The topological polar surface area (TPSA) is 52.4 Å². The summed E-state index contributed by atoms with van der Waals surface area (Å²) in [5.41, 5.74) is 3.98. The lowest BCUT2D eigenvalue weighted by molar-refractivity contribution is -0.385. The van der Waals surface area contributed by atoms with Gasteiger partial charge in [0.1, 0.15) is 5.75 Å². The second-order valence-corrected chi connectivity index (χ2v) is 4.22. The summed E-state index contributed by atoms with van der Waals surface area (Å²) in [6, 6.07) is 11.0. The zero-order chi connectivity index (χ0) is 12.7. The summed E-state index contributed by atoms with van der Waals surface area (Å²) in [5.74, 6) is 0.790. The van der Waals surface area contributed by atoms with Crippen LogP contribution >= 0.6 is 0 Å². The second-order valence-electron chi connectivity index (χ2n) is 4.22. The third-order valence-electron chi connectivity index (χ3n) is 3.34. The third-order valence-corrected chi connectivity index (χ3v) is 3.34. The van der Waals surface area contributed by atoms with E-state index >= 15 is 0 Å². The van der Waals surface area contributed by atoms with Gasteiger partial charge in [-0.25, -0.2) is 0 Å². The molecule has 1 aliphatic carbocycles. The molecule has 90 valence electrons. The minimum Gasteiger partial charge on any atom is -0.496 e. The highest BCUT2D eigenvalue weighted by Crippen LogP contribution is 2.44. The van der Waals surface area contributed by atoms with Gasteiger partial charge in [-0.3, -0.25) is 10.1 Å². The van der Waals surface area contributed by atoms with Gasteiger partial charge >= 0.3 is 0 Å². The molecule has 0 fully saturated rings. The van der Waals surface area contributed by atoms with Crippen LogP contribution in [0.15, 0.2) is 36.4 Å². The molecule has 0 unspecified atom stereocenters. The number of hydrogen-bond acceptors (Lipinski definition) is 3. The van der Waals surface area contributed by atoms with Crippen LogP contribution in [0.3, 0.4) is 0 Å². The standard InChI is InChI=1S/C14H11NO3/c1-18-14-7-3-5-10-9-4-2-6-13(15(16)17)11(9)8-12(10)14/h2-7H,8H2,1H3. The van der Waals surface area contributed by atoms with Crippen LogP contribution in [-0.4, -0.2) is 12.0 Å². The number of nitrogens with zero attached hydrogens (tertiary/aromatic N) is 1. The molecule has 0 aliphatic heterocycles. The number of hydrogen-bond donors (Lipinski definition) is 0. The molecule has 0 saturated heterocycles. The Balaban J connectivity index is 2.25. The smallest absolute Gasteiger partial charge is 0.273 e. The number of fused-ring (bicyclic) bond motifs is 3. The molecule has 0 heterocycles. The number of methoxy groups -OCH3 is 1. The average Bonchev–Trinajstić information content (AvgIpc) is 2.76. The van der Waals surface area contributed by atoms with Crippen LogP contribution in [0.2, 0.25) is 0 Å². The Morgan fingerprint density at radius 2 is 1.78 bits per heavy atom. The van der Waals surface area contributed by atoms with Gasteiger partial charge in [-0.15, -0.1) is 0 Å². The van der Waals surface area contributed by atoms with E-state index in [1.807, 2.05) is 24.3 Å². The molecule has 2 aromatic rings. The minimum atomic E-state index is -0.322. The molecule has 0 amide bonds. The molecular weight excluding hydrogens is 230 g/mol. The Morgan fingerprint density at radius 3 is 2.44 bits per heavy atom. The van der Waals surface area contributed by atoms with Gasteiger partial charge in [-0.05, 0) is 17.2 Å². The van der Waals surface area contributed by atoms with Gasteiger partial charge in [-0.1, -0.05) is 24.3 Å². The van der Waals surface area contributed by atoms with Gasteiger partial charge < -0.3 is 4.74 Å². The molecule has 0 bridgehead atoms. The molecule has 0 aromatic heterocycles. The summed E-state index contributed by atoms with van der Waals surface area (Å²) >= 11 is 0. The first-order valence-corrected chi connectivity index (χ1v) is 5.65. The summed E-state index contributed by atoms with van der Waals surface area (Å²) in [6.07, 6.45) is 0.561. The monoisotopic (exact) mass is 241 g/mol. The summed E-state index contributed by atoms with van der Waals surface area (Å²) in [6.45, 7) is 0. The van der Waals surface area contributed by atoms with E-state index in [1.54, 1.807) is 19.2 Å². The van der Waals surface area contributed by atoms with E-state index in [4.69, 9.17) is 4.74 Å². The van der Waals surface area contributed by atoms with Crippen molar-refractivity contribution in [3.05, 3.63) is 57.6 Å². The normalized spacial score (nSPS) is 11.8. The Labute approximate surface area is 104 Å². The van der Waals surface area contributed by atoms with Crippen LogP contribution < -0.4 is 4.74 Å². The van der Waals surface area contributed by atoms with Crippen LogP contribution in [-0.2, 0) is 6.42 Å². The van der Waals surface area contributed by atoms with Crippen molar-refractivity contribution in [2.75, 3.05) is 7.11 Å². The Hall–Kier alpha value is -2.36. The first kappa shape index (κ1) is 10.8. The maximum Gasteiger partial charge on any atom is 0.273 e. The van der Waals surface area contributed by atoms with E-state index in [-0.39, 0.29) is 10.6 Å². The highest BCUT2D eigenvalue weighted by Gasteiger charge is 2.27. The van der Waals surface area contributed by atoms with Crippen molar-refractivity contribution in [1.29, 1.82) is 0 Å². The van der Waals surface area contributed by atoms with Crippen LogP contribution in [0.1, 0.15) is 11.1 Å². The van der Waals surface area contributed by atoms with Crippen molar-refractivity contribution in [2.24, 2.45) is 0 Å². The number of benzene rings is 2. The molecule has 3 rings (SSSR count).